The van der Waals surface area contributed by atoms with Crippen LogP contribution in [-0.2, 0) is 4.74 Å². The molecule has 1 aromatic carbocycles. The molecule has 0 aliphatic heterocycles. The van der Waals surface area contributed by atoms with E-state index in [1.54, 1.807) is 0 Å². The first-order valence-electron chi connectivity index (χ1n) is 5.39. The quantitative estimate of drug-likeness (QED) is 0.789. The van der Waals surface area contributed by atoms with Gasteiger partial charge < -0.3 is 10.1 Å². The van der Waals surface area contributed by atoms with Crippen LogP contribution in [0.15, 0.2) is 18.2 Å². The van der Waals surface area contributed by atoms with Crippen LogP contribution in [0.1, 0.15) is 24.9 Å². The standard InChI is InChI=1S/C12H17Cl2NO/c1-3-7-16-8-11(15-2)12-9(13)5-4-6-10(12)14/h4-6,11,15H,3,7-8H2,1-2H3. The average Bonchev–Trinajstić information content (AvgIpc) is 2.26. The maximum Gasteiger partial charge on any atom is 0.0662 e. The Balaban J connectivity index is 2.78. The van der Waals surface area contributed by atoms with Crippen LogP contribution in [0.25, 0.3) is 0 Å². The zero-order valence-corrected chi connectivity index (χ0v) is 11.1. The lowest BCUT2D eigenvalue weighted by molar-refractivity contribution is 0.114. The highest BCUT2D eigenvalue weighted by molar-refractivity contribution is 6.36. The predicted molar refractivity (Wildman–Crippen MR) is 69.4 cm³/mol. The molecule has 0 amide bonds. The number of hydrogen-bond acceptors (Lipinski definition) is 2. The molecule has 1 atom stereocenters. The van der Waals surface area contributed by atoms with Crippen molar-refractivity contribution in [2.75, 3.05) is 20.3 Å². The summed E-state index contributed by atoms with van der Waals surface area (Å²) < 4.78 is 5.52. The van der Waals surface area contributed by atoms with E-state index >= 15 is 0 Å². The molecule has 0 aliphatic rings. The Kier molecular flexibility index (Phi) is 6.14. The summed E-state index contributed by atoms with van der Waals surface area (Å²) in [6, 6.07) is 5.56. The molecular formula is C12H17Cl2NO. The number of ether oxygens (including phenoxy) is 1. The smallest absolute Gasteiger partial charge is 0.0662 e. The van der Waals surface area contributed by atoms with Crippen molar-refractivity contribution in [3.05, 3.63) is 33.8 Å². The van der Waals surface area contributed by atoms with Crippen molar-refractivity contribution in [2.45, 2.75) is 19.4 Å². The number of rotatable bonds is 6. The SMILES string of the molecule is CCCOCC(NC)c1c(Cl)cccc1Cl. The molecule has 0 saturated heterocycles. The lowest BCUT2D eigenvalue weighted by atomic mass is 10.1. The van der Waals surface area contributed by atoms with Crippen LogP contribution in [0.5, 0.6) is 0 Å². The summed E-state index contributed by atoms with van der Waals surface area (Å²) in [5.74, 6) is 0. The third kappa shape index (κ3) is 3.63. The molecule has 2 nitrogen and oxygen atoms in total. The van der Waals surface area contributed by atoms with Gasteiger partial charge in [-0.2, -0.15) is 0 Å². The van der Waals surface area contributed by atoms with Crippen molar-refractivity contribution < 1.29 is 4.74 Å². The van der Waals surface area contributed by atoms with Crippen LogP contribution >= 0.6 is 23.2 Å². The average molecular weight is 262 g/mol. The molecule has 1 unspecified atom stereocenters. The molecule has 0 fully saturated rings. The topological polar surface area (TPSA) is 21.3 Å². The molecule has 16 heavy (non-hydrogen) atoms. The molecule has 1 rings (SSSR count). The Bertz CT molecular complexity index is 311. The fourth-order valence-electron chi connectivity index (χ4n) is 1.50. The van der Waals surface area contributed by atoms with Crippen LogP contribution in [0, 0.1) is 0 Å². The maximum absolute atomic E-state index is 6.14. The molecule has 90 valence electrons. The molecular weight excluding hydrogens is 245 g/mol. The van der Waals surface area contributed by atoms with E-state index in [0.29, 0.717) is 16.7 Å². The highest BCUT2D eigenvalue weighted by atomic mass is 35.5. The van der Waals surface area contributed by atoms with Crippen LogP contribution in [-0.4, -0.2) is 20.3 Å². The fourth-order valence-corrected chi connectivity index (χ4v) is 2.16. The van der Waals surface area contributed by atoms with Crippen LogP contribution < -0.4 is 5.32 Å². The van der Waals surface area contributed by atoms with E-state index in [1.165, 1.54) is 0 Å². The molecule has 0 radical (unpaired) electrons. The molecule has 0 spiro atoms. The first kappa shape index (κ1) is 13.8. The largest absolute Gasteiger partial charge is 0.379 e. The van der Waals surface area contributed by atoms with Crippen LogP contribution in [0.2, 0.25) is 10.0 Å². The summed E-state index contributed by atoms with van der Waals surface area (Å²) in [4.78, 5) is 0. The summed E-state index contributed by atoms with van der Waals surface area (Å²) in [7, 11) is 1.87. The first-order valence-corrected chi connectivity index (χ1v) is 6.15. The predicted octanol–water partition coefficient (Wildman–Crippen LogP) is 3.68. The first-order chi connectivity index (χ1) is 7.70. The van der Waals surface area contributed by atoms with Crippen molar-refractivity contribution in [3.63, 3.8) is 0 Å². The molecule has 1 aromatic rings. The van der Waals surface area contributed by atoms with E-state index in [0.717, 1.165) is 18.6 Å². The van der Waals surface area contributed by atoms with E-state index in [9.17, 15) is 0 Å². The highest BCUT2D eigenvalue weighted by Crippen LogP contribution is 2.30. The van der Waals surface area contributed by atoms with E-state index < -0.39 is 0 Å². The second-order valence-electron chi connectivity index (χ2n) is 3.55. The summed E-state index contributed by atoms with van der Waals surface area (Å²) in [5.41, 5.74) is 0.907. The number of benzene rings is 1. The van der Waals surface area contributed by atoms with Gasteiger partial charge in [-0.3, -0.25) is 0 Å². The van der Waals surface area contributed by atoms with Gasteiger partial charge in [0.1, 0.15) is 0 Å². The maximum atomic E-state index is 6.14. The minimum absolute atomic E-state index is 0.0350. The monoisotopic (exact) mass is 261 g/mol. The summed E-state index contributed by atoms with van der Waals surface area (Å²) in [6.45, 7) is 3.41. The zero-order valence-electron chi connectivity index (χ0n) is 9.59. The van der Waals surface area contributed by atoms with E-state index in [4.69, 9.17) is 27.9 Å². The van der Waals surface area contributed by atoms with Crippen molar-refractivity contribution >= 4 is 23.2 Å². The van der Waals surface area contributed by atoms with Gasteiger partial charge >= 0.3 is 0 Å². The van der Waals surface area contributed by atoms with Gasteiger partial charge in [0.05, 0.1) is 12.6 Å². The fraction of sp³-hybridized carbons (Fsp3) is 0.500. The Labute approximate surface area is 107 Å². The molecule has 4 heteroatoms. The minimum atomic E-state index is 0.0350. The third-order valence-electron chi connectivity index (χ3n) is 2.33. The lowest BCUT2D eigenvalue weighted by Crippen LogP contribution is -2.22. The van der Waals surface area contributed by atoms with E-state index in [-0.39, 0.29) is 6.04 Å². The van der Waals surface area contributed by atoms with Crippen molar-refractivity contribution in [2.24, 2.45) is 0 Å². The lowest BCUT2D eigenvalue weighted by Gasteiger charge is -2.19. The zero-order chi connectivity index (χ0) is 12.0. The minimum Gasteiger partial charge on any atom is -0.379 e. The second-order valence-corrected chi connectivity index (χ2v) is 4.37. The van der Waals surface area contributed by atoms with Gasteiger partial charge in [-0.25, -0.2) is 0 Å². The molecule has 0 saturated carbocycles. The van der Waals surface area contributed by atoms with Crippen molar-refractivity contribution in [1.29, 1.82) is 0 Å². The molecule has 1 N–H and O–H groups in total. The normalized spacial score (nSPS) is 12.8. The third-order valence-corrected chi connectivity index (χ3v) is 2.99. The Hall–Kier alpha value is -0.280. The van der Waals surface area contributed by atoms with Crippen LogP contribution in [0.4, 0.5) is 0 Å². The van der Waals surface area contributed by atoms with Gasteiger partial charge in [-0.1, -0.05) is 36.2 Å². The molecule has 0 aliphatic carbocycles. The number of halogens is 2. The van der Waals surface area contributed by atoms with Gasteiger partial charge in [0.2, 0.25) is 0 Å². The summed E-state index contributed by atoms with van der Waals surface area (Å²) in [5, 5.41) is 4.51. The van der Waals surface area contributed by atoms with Crippen LogP contribution in [0.3, 0.4) is 0 Å². The number of nitrogens with one attached hydrogen (secondary N) is 1. The van der Waals surface area contributed by atoms with Gasteiger partial charge in [0.15, 0.2) is 0 Å². The Morgan fingerprint density at radius 2 is 1.94 bits per heavy atom. The Morgan fingerprint density at radius 3 is 2.44 bits per heavy atom. The van der Waals surface area contributed by atoms with Crippen molar-refractivity contribution in [3.8, 4) is 0 Å². The molecule has 0 aromatic heterocycles. The molecule has 0 heterocycles. The van der Waals surface area contributed by atoms with Crippen molar-refractivity contribution in [1.82, 2.24) is 5.32 Å². The van der Waals surface area contributed by atoms with E-state index in [1.807, 2.05) is 25.2 Å². The van der Waals surface area contributed by atoms with E-state index in [2.05, 4.69) is 12.2 Å². The summed E-state index contributed by atoms with van der Waals surface area (Å²) in [6.07, 6.45) is 1.01. The number of hydrogen-bond donors (Lipinski definition) is 1. The highest BCUT2D eigenvalue weighted by Gasteiger charge is 2.16. The van der Waals surface area contributed by atoms with Gasteiger partial charge in [-0.15, -0.1) is 0 Å². The molecule has 0 bridgehead atoms. The van der Waals surface area contributed by atoms with Gasteiger partial charge in [0, 0.05) is 22.2 Å². The summed E-state index contributed by atoms with van der Waals surface area (Å²) >= 11 is 12.3. The van der Waals surface area contributed by atoms with Gasteiger partial charge in [-0.05, 0) is 25.6 Å². The Morgan fingerprint density at radius 1 is 1.31 bits per heavy atom. The van der Waals surface area contributed by atoms with Gasteiger partial charge in [0.25, 0.3) is 0 Å². The number of likely N-dealkylation sites (N-methyl/N-ethyl adjacent to an activating group) is 1. The second kappa shape index (κ2) is 7.13.